The summed E-state index contributed by atoms with van der Waals surface area (Å²) >= 11 is 0. The number of aliphatic hydroxyl groups is 1. The molecule has 136 valence electrons. The fourth-order valence-electron chi connectivity index (χ4n) is 3.97. The van der Waals surface area contributed by atoms with Gasteiger partial charge in [0.2, 0.25) is 0 Å². The topological polar surface area (TPSA) is 61.5 Å². The van der Waals surface area contributed by atoms with E-state index in [2.05, 4.69) is 21.6 Å². The molecule has 4 rings (SSSR count). The maximum Gasteiger partial charge on any atom is 0.115 e. The number of phenols is 1. The molecule has 0 bridgehead atoms. The normalized spacial score (nSPS) is 16.3. The molecular formula is C21H25N3O2. The lowest BCUT2D eigenvalue weighted by molar-refractivity contribution is 0.179. The molecule has 0 atom stereocenters. The molecule has 5 nitrogen and oxygen atoms in total. The quantitative estimate of drug-likeness (QED) is 0.741. The zero-order chi connectivity index (χ0) is 17.9. The highest BCUT2D eigenvalue weighted by Crippen LogP contribution is 2.29. The number of aromatic hydroxyl groups is 1. The first-order valence-electron chi connectivity index (χ1n) is 9.31. The third-order valence-corrected chi connectivity index (χ3v) is 5.27. The van der Waals surface area contributed by atoms with E-state index in [1.165, 1.54) is 11.1 Å². The maximum absolute atomic E-state index is 9.42. The molecule has 0 saturated carbocycles. The number of imidazole rings is 1. The highest BCUT2D eigenvalue weighted by Gasteiger charge is 2.24. The molecule has 3 aromatic rings. The van der Waals surface area contributed by atoms with Crippen molar-refractivity contribution < 1.29 is 10.2 Å². The van der Waals surface area contributed by atoms with E-state index < -0.39 is 0 Å². The second-order valence-electron chi connectivity index (χ2n) is 7.03. The van der Waals surface area contributed by atoms with Crippen LogP contribution >= 0.6 is 0 Å². The van der Waals surface area contributed by atoms with Gasteiger partial charge in [-0.3, -0.25) is 4.90 Å². The summed E-state index contributed by atoms with van der Waals surface area (Å²) in [6.07, 6.45) is 2.76. The first kappa shape index (κ1) is 17.1. The van der Waals surface area contributed by atoms with E-state index >= 15 is 0 Å². The number of benzene rings is 2. The van der Waals surface area contributed by atoms with Crippen molar-refractivity contribution in [2.45, 2.75) is 31.8 Å². The second kappa shape index (κ2) is 7.48. The zero-order valence-electron chi connectivity index (χ0n) is 14.9. The highest BCUT2D eigenvalue weighted by atomic mass is 16.3. The lowest BCUT2D eigenvalue weighted by Crippen LogP contribution is -2.34. The van der Waals surface area contributed by atoms with Crippen molar-refractivity contribution >= 4 is 11.0 Å². The Hall–Kier alpha value is -2.37. The minimum Gasteiger partial charge on any atom is -0.508 e. The average Bonchev–Trinajstić information content (AvgIpc) is 3.03. The molecule has 1 aliphatic rings. The number of rotatable bonds is 5. The van der Waals surface area contributed by atoms with Crippen molar-refractivity contribution in [3.05, 3.63) is 59.9 Å². The molecule has 0 unspecified atom stereocenters. The maximum atomic E-state index is 9.42. The molecule has 0 radical (unpaired) electrons. The fourth-order valence-corrected chi connectivity index (χ4v) is 3.97. The summed E-state index contributed by atoms with van der Waals surface area (Å²) in [4.78, 5) is 7.20. The standard InChI is InChI=1S/C21H25N3O2/c25-14-11-21-22-19-3-1-2-4-20(19)24(21)17-9-12-23(13-10-17)15-16-5-7-18(26)8-6-16/h1-8,17,25-26H,9-15H2. The van der Waals surface area contributed by atoms with Crippen LogP contribution in [0.4, 0.5) is 0 Å². The predicted octanol–water partition coefficient (Wildman–Crippen LogP) is 3.11. The van der Waals surface area contributed by atoms with Gasteiger partial charge in [0.05, 0.1) is 17.6 Å². The van der Waals surface area contributed by atoms with Gasteiger partial charge in [-0.15, -0.1) is 0 Å². The third-order valence-electron chi connectivity index (χ3n) is 5.27. The van der Waals surface area contributed by atoms with Crippen LogP contribution in [0, 0.1) is 0 Å². The number of phenolic OH excluding ortho intramolecular Hbond substituents is 1. The van der Waals surface area contributed by atoms with E-state index in [1.807, 2.05) is 24.3 Å². The number of para-hydroxylation sites is 2. The molecule has 1 fully saturated rings. The highest BCUT2D eigenvalue weighted by molar-refractivity contribution is 5.76. The lowest BCUT2D eigenvalue weighted by Gasteiger charge is -2.33. The fraction of sp³-hybridized carbons (Fsp3) is 0.381. The number of hydrogen-bond acceptors (Lipinski definition) is 4. The number of aliphatic hydroxyl groups excluding tert-OH is 1. The van der Waals surface area contributed by atoms with E-state index in [0.717, 1.165) is 43.8 Å². The van der Waals surface area contributed by atoms with Gasteiger partial charge < -0.3 is 14.8 Å². The number of likely N-dealkylation sites (tertiary alicyclic amines) is 1. The Kier molecular flexibility index (Phi) is 4.91. The third kappa shape index (κ3) is 3.45. The first-order valence-corrected chi connectivity index (χ1v) is 9.31. The van der Waals surface area contributed by atoms with Gasteiger partial charge >= 0.3 is 0 Å². The van der Waals surface area contributed by atoms with Crippen LogP contribution in [-0.2, 0) is 13.0 Å². The van der Waals surface area contributed by atoms with Crippen LogP contribution in [0.5, 0.6) is 5.75 Å². The first-order chi connectivity index (χ1) is 12.7. The van der Waals surface area contributed by atoms with Crippen molar-refractivity contribution in [2.24, 2.45) is 0 Å². The van der Waals surface area contributed by atoms with Crippen LogP contribution in [0.1, 0.15) is 30.3 Å². The van der Waals surface area contributed by atoms with Crippen molar-refractivity contribution in [2.75, 3.05) is 19.7 Å². The van der Waals surface area contributed by atoms with E-state index in [0.29, 0.717) is 18.2 Å². The predicted molar refractivity (Wildman–Crippen MR) is 102 cm³/mol. The molecule has 26 heavy (non-hydrogen) atoms. The second-order valence-corrected chi connectivity index (χ2v) is 7.03. The van der Waals surface area contributed by atoms with Gasteiger partial charge in [0.15, 0.2) is 0 Å². The average molecular weight is 351 g/mol. The molecule has 2 heterocycles. The summed E-state index contributed by atoms with van der Waals surface area (Å²) < 4.78 is 2.35. The minimum absolute atomic E-state index is 0.128. The van der Waals surface area contributed by atoms with Crippen molar-refractivity contribution in [1.29, 1.82) is 0 Å². The zero-order valence-corrected chi connectivity index (χ0v) is 14.9. The molecule has 0 aliphatic carbocycles. The molecule has 1 aromatic heterocycles. The Morgan fingerprint density at radius 2 is 1.73 bits per heavy atom. The summed E-state index contributed by atoms with van der Waals surface area (Å²) in [5.41, 5.74) is 3.42. The SMILES string of the molecule is OCCc1nc2ccccc2n1C1CCN(Cc2ccc(O)cc2)CC1. The largest absolute Gasteiger partial charge is 0.508 e. The molecule has 1 saturated heterocycles. The van der Waals surface area contributed by atoms with E-state index in [9.17, 15) is 10.2 Å². The Balaban J connectivity index is 1.48. The van der Waals surface area contributed by atoms with Crippen molar-refractivity contribution in [3.8, 4) is 5.75 Å². The molecule has 0 amide bonds. The van der Waals surface area contributed by atoms with E-state index in [-0.39, 0.29) is 6.61 Å². The van der Waals surface area contributed by atoms with Gasteiger partial charge in [-0.2, -0.15) is 0 Å². The summed E-state index contributed by atoms with van der Waals surface area (Å²) in [6.45, 7) is 3.12. The van der Waals surface area contributed by atoms with Gasteiger partial charge in [-0.05, 0) is 42.7 Å². The van der Waals surface area contributed by atoms with Crippen molar-refractivity contribution in [3.63, 3.8) is 0 Å². The Morgan fingerprint density at radius 1 is 1.00 bits per heavy atom. The molecule has 2 aromatic carbocycles. The molecule has 1 aliphatic heterocycles. The number of hydrogen-bond donors (Lipinski definition) is 2. The van der Waals surface area contributed by atoms with Gasteiger partial charge in [0, 0.05) is 32.1 Å². The van der Waals surface area contributed by atoms with Crippen LogP contribution in [-0.4, -0.2) is 44.4 Å². The van der Waals surface area contributed by atoms with E-state index in [4.69, 9.17) is 4.98 Å². The van der Waals surface area contributed by atoms with Gasteiger partial charge in [-0.1, -0.05) is 24.3 Å². The molecule has 5 heteroatoms. The van der Waals surface area contributed by atoms with Crippen molar-refractivity contribution in [1.82, 2.24) is 14.5 Å². The van der Waals surface area contributed by atoms with Gasteiger partial charge in [0.25, 0.3) is 0 Å². The molecule has 0 spiro atoms. The Morgan fingerprint density at radius 3 is 2.46 bits per heavy atom. The minimum atomic E-state index is 0.128. The molecule has 2 N–H and O–H groups in total. The Bertz CT molecular complexity index is 865. The summed E-state index contributed by atoms with van der Waals surface area (Å²) in [6, 6.07) is 16.2. The monoisotopic (exact) mass is 351 g/mol. The van der Waals surface area contributed by atoms with Crippen LogP contribution in [0.2, 0.25) is 0 Å². The summed E-state index contributed by atoms with van der Waals surface area (Å²) in [5, 5.41) is 18.8. The lowest BCUT2D eigenvalue weighted by atomic mass is 10.0. The van der Waals surface area contributed by atoms with Crippen LogP contribution in [0.15, 0.2) is 48.5 Å². The summed E-state index contributed by atoms with van der Waals surface area (Å²) in [5.74, 6) is 1.31. The smallest absolute Gasteiger partial charge is 0.115 e. The van der Waals surface area contributed by atoms with Gasteiger partial charge in [0.1, 0.15) is 11.6 Å². The summed E-state index contributed by atoms with van der Waals surface area (Å²) in [7, 11) is 0. The van der Waals surface area contributed by atoms with Gasteiger partial charge in [-0.25, -0.2) is 4.98 Å². The van der Waals surface area contributed by atoms with Crippen LogP contribution in [0.25, 0.3) is 11.0 Å². The Labute approximate surface area is 153 Å². The van der Waals surface area contributed by atoms with E-state index in [1.54, 1.807) is 12.1 Å². The van der Waals surface area contributed by atoms with Crippen LogP contribution in [0.3, 0.4) is 0 Å². The number of nitrogens with zero attached hydrogens (tertiary/aromatic N) is 3. The molecular weight excluding hydrogens is 326 g/mol. The van der Waals surface area contributed by atoms with Crippen LogP contribution < -0.4 is 0 Å². The number of piperidine rings is 1. The number of fused-ring (bicyclic) bond motifs is 1. The number of aromatic nitrogens is 2.